The predicted molar refractivity (Wildman–Crippen MR) is 111 cm³/mol. The first-order chi connectivity index (χ1) is 13.6. The number of hydrogen-bond donors (Lipinski definition) is 1. The van der Waals surface area contributed by atoms with E-state index in [0.717, 1.165) is 43.2 Å². The number of amides is 1. The summed E-state index contributed by atoms with van der Waals surface area (Å²) in [6, 6.07) is 9.33. The van der Waals surface area contributed by atoms with Crippen LogP contribution in [0, 0.1) is 29.1 Å². The molecule has 150 valence electrons. The van der Waals surface area contributed by atoms with Crippen LogP contribution in [0.3, 0.4) is 0 Å². The van der Waals surface area contributed by atoms with Crippen molar-refractivity contribution in [3.63, 3.8) is 0 Å². The van der Waals surface area contributed by atoms with Gasteiger partial charge in [-0.1, -0.05) is 24.3 Å². The minimum atomic E-state index is 0.00919. The van der Waals surface area contributed by atoms with E-state index in [2.05, 4.69) is 34.5 Å². The van der Waals surface area contributed by atoms with Crippen molar-refractivity contribution in [1.29, 1.82) is 0 Å². The van der Waals surface area contributed by atoms with Crippen LogP contribution in [-0.4, -0.2) is 36.5 Å². The van der Waals surface area contributed by atoms with E-state index in [1.165, 1.54) is 57.9 Å². The molecule has 1 N–H and O–H groups in total. The summed E-state index contributed by atoms with van der Waals surface area (Å²) >= 11 is 0. The number of nitrogens with one attached hydrogen (secondary N) is 1. The Kier molecular flexibility index (Phi) is 4.12. The van der Waals surface area contributed by atoms with Crippen LogP contribution in [0.25, 0.3) is 0 Å². The lowest BCUT2D eigenvalue weighted by Gasteiger charge is -2.55. The molecule has 6 aliphatic rings. The molecule has 0 radical (unpaired) electrons. The number of hydrogen-bond acceptors (Lipinski definition) is 2. The molecule has 0 spiro atoms. The van der Waals surface area contributed by atoms with Crippen LogP contribution in [0.5, 0.6) is 0 Å². The highest BCUT2D eigenvalue weighted by Crippen LogP contribution is 2.60. The molecule has 28 heavy (non-hydrogen) atoms. The lowest BCUT2D eigenvalue weighted by atomic mass is 9.49. The summed E-state index contributed by atoms with van der Waals surface area (Å²) in [5.41, 5.74) is 3.12. The van der Waals surface area contributed by atoms with Gasteiger partial charge in [-0.25, -0.2) is 0 Å². The fraction of sp³-hybridized carbons (Fsp3) is 0.720. The predicted octanol–water partition coefficient (Wildman–Crippen LogP) is 3.81. The Hall–Kier alpha value is -1.35. The molecule has 1 amide bonds. The number of likely N-dealkylation sites (tertiary alicyclic amines) is 1. The van der Waals surface area contributed by atoms with E-state index in [1.807, 2.05) is 0 Å². The third kappa shape index (κ3) is 3.01. The van der Waals surface area contributed by atoms with Gasteiger partial charge >= 0.3 is 0 Å². The van der Waals surface area contributed by atoms with Gasteiger partial charge in [0.2, 0.25) is 5.91 Å². The van der Waals surface area contributed by atoms with Crippen molar-refractivity contribution < 1.29 is 4.79 Å². The van der Waals surface area contributed by atoms with E-state index < -0.39 is 0 Å². The number of carbonyl (C=O) groups excluding carboxylic acids is 1. The van der Waals surface area contributed by atoms with E-state index >= 15 is 0 Å². The highest BCUT2D eigenvalue weighted by atomic mass is 16.2. The summed E-state index contributed by atoms with van der Waals surface area (Å²) in [6.07, 6.45) is 11.4. The smallest absolute Gasteiger partial charge is 0.226 e. The first-order valence-corrected chi connectivity index (χ1v) is 11.8. The minimum absolute atomic E-state index is 0.00919. The molecule has 5 aliphatic carbocycles. The molecule has 4 bridgehead atoms. The van der Waals surface area contributed by atoms with Crippen molar-refractivity contribution in [1.82, 2.24) is 10.2 Å². The van der Waals surface area contributed by atoms with Crippen LogP contribution in [0.2, 0.25) is 0 Å². The molecule has 1 aromatic rings. The van der Waals surface area contributed by atoms with Gasteiger partial charge < -0.3 is 10.2 Å². The average molecular weight is 379 g/mol. The highest BCUT2D eigenvalue weighted by Gasteiger charge is 2.54. The normalized spacial score (nSPS) is 39.4. The molecular formula is C25H34N2O. The maximum absolute atomic E-state index is 13.3. The maximum atomic E-state index is 13.3. The average Bonchev–Trinajstić information content (AvgIpc) is 3.26. The Morgan fingerprint density at radius 2 is 1.61 bits per heavy atom. The minimum Gasteiger partial charge on any atom is -0.352 e. The Labute approximate surface area is 169 Å². The van der Waals surface area contributed by atoms with Gasteiger partial charge in [0.05, 0.1) is 0 Å². The van der Waals surface area contributed by atoms with E-state index in [9.17, 15) is 4.79 Å². The van der Waals surface area contributed by atoms with E-state index in [1.54, 1.807) is 11.1 Å². The molecule has 1 aliphatic heterocycles. The monoisotopic (exact) mass is 378 g/mol. The largest absolute Gasteiger partial charge is 0.352 e. The van der Waals surface area contributed by atoms with Crippen LogP contribution >= 0.6 is 0 Å². The summed E-state index contributed by atoms with van der Waals surface area (Å²) in [5.74, 6) is 3.73. The zero-order valence-corrected chi connectivity index (χ0v) is 17.0. The molecule has 1 aromatic carbocycles. The molecule has 0 aromatic heterocycles. The van der Waals surface area contributed by atoms with Gasteiger partial charge in [0.1, 0.15) is 0 Å². The molecular weight excluding hydrogens is 344 g/mol. The second-order valence-corrected chi connectivity index (χ2v) is 11.0. The standard InChI is InChI=1S/C25H34N2O/c28-24(25-12-17-7-18(13-25)9-19(8-17)14-25)26-23-5-6-27(16-23)15-20-10-21-3-1-2-4-22(21)11-20/h1-4,17-20,23H,5-16H2,(H,26,28). The topological polar surface area (TPSA) is 32.3 Å². The number of benzene rings is 1. The summed E-state index contributed by atoms with van der Waals surface area (Å²) in [7, 11) is 0. The Morgan fingerprint density at radius 3 is 2.21 bits per heavy atom. The summed E-state index contributed by atoms with van der Waals surface area (Å²) in [5, 5.41) is 3.53. The molecule has 1 saturated heterocycles. The molecule has 1 unspecified atom stereocenters. The van der Waals surface area contributed by atoms with Crippen LogP contribution in [0.15, 0.2) is 24.3 Å². The van der Waals surface area contributed by atoms with Gasteiger partial charge in [-0.15, -0.1) is 0 Å². The van der Waals surface area contributed by atoms with Crippen molar-refractivity contribution >= 4 is 5.91 Å². The number of nitrogens with zero attached hydrogens (tertiary/aromatic N) is 1. The Balaban J connectivity index is 1.04. The van der Waals surface area contributed by atoms with E-state index in [-0.39, 0.29) is 5.41 Å². The van der Waals surface area contributed by atoms with E-state index in [4.69, 9.17) is 0 Å². The SMILES string of the molecule is O=C(NC1CCN(CC2Cc3ccccc3C2)C1)C12CC3CC(CC(C3)C1)C2. The number of rotatable bonds is 4. The summed E-state index contributed by atoms with van der Waals surface area (Å²) < 4.78 is 0. The van der Waals surface area contributed by atoms with E-state index in [0.29, 0.717) is 11.9 Å². The lowest BCUT2D eigenvalue weighted by molar-refractivity contribution is -0.146. The molecule has 7 rings (SSSR count). The molecule has 1 atom stereocenters. The van der Waals surface area contributed by atoms with Gasteiger partial charge in [0, 0.05) is 31.1 Å². The molecule has 3 nitrogen and oxygen atoms in total. The first-order valence-electron chi connectivity index (χ1n) is 11.8. The fourth-order valence-electron chi connectivity index (χ4n) is 7.99. The maximum Gasteiger partial charge on any atom is 0.226 e. The first kappa shape index (κ1) is 17.5. The molecule has 3 heteroatoms. The molecule has 5 fully saturated rings. The van der Waals surface area contributed by atoms with Crippen molar-refractivity contribution in [2.45, 2.75) is 63.8 Å². The zero-order valence-electron chi connectivity index (χ0n) is 17.0. The number of fused-ring (bicyclic) bond motifs is 1. The van der Waals surface area contributed by atoms with Crippen molar-refractivity contribution in [2.24, 2.45) is 29.1 Å². The lowest BCUT2D eigenvalue weighted by Crippen LogP contribution is -2.55. The quantitative estimate of drug-likeness (QED) is 0.864. The highest BCUT2D eigenvalue weighted by molar-refractivity contribution is 5.83. The molecule has 4 saturated carbocycles. The Morgan fingerprint density at radius 1 is 1.00 bits per heavy atom. The third-order valence-corrected chi connectivity index (χ3v) is 8.78. The van der Waals surface area contributed by atoms with Crippen LogP contribution in [0.1, 0.15) is 56.1 Å². The zero-order chi connectivity index (χ0) is 18.7. The second-order valence-electron chi connectivity index (χ2n) is 11.0. The fourth-order valence-corrected chi connectivity index (χ4v) is 7.99. The summed E-state index contributed by atoms with van der Waals surface area (Å²) in [4.78, 5) is 15.9. The van der Waals surface area contributed by atoms with Crippen LogP contribution in [-0.2, 0) is 17.6 Å². The Bertz CT molecular complexity index is 711. The number of carbonyl (C=O) groups is 1. The summed E-state index contributed by atoms with van der Waals surface area (Å²) in [6.45, 7) is 3.40. The van der Waals surface area contributed by atoms with Gasteiger partial charge in [-0.2, -0.15) is 0 Å². The van der Waals surface area contributed by atoms with Crippen molar-refractivity contribution in [2.75, 3.05) is 19.6 Å². The van der Waals surface area contributed by atoms with Crippen molar-refractivity contribution in [3.05, 3.63) is 35.4 Å². The van der Waals surface area contributed by atoms with Crippen molar-refractivity contribution in [3.8, 4) is 0 Å². The van der Waals surface area contributed by atoms with Gasteiger partial charge in [0.25, 0.3) is 0 Å². The van der Waals surface area contributed by atoms with Gasteiger partial charge in [0.15, 0.2) is 0 Å². The van der Waals surface area contributed by atoms with Gasteiger partial charge in [-0.05, 0) is 92.6 Å². The third-order valence-electron chi connectivity index (χ3n) is 8.78. The molecule has 1 heterocycles. The van der Waals surface area contributed by atoms with Crippen LogP contribution in [0.4, 0.5) is 0 Å². The second kappa shape index (κ2) is 6.58. The van der Waals surface area contributed by atoms with Crippen LogP contribution < -0.4 is 5.32 Å². The van der Waals surface area contributed by atoms with Gasteiger partial charge in [-0.3, -0.25) is 4.79 Å².